The Morgan fingerprint density at radius 1 is 0.758 bits per heavy atom. The van der Waals surface area contributed by atoms with Gasteiger partial charge in [-0.2, -0.15) is 0 Å². The molecule has 3 heteroatoms. The summed E-state index contributed by atoms with van der Waals surface area (Å²) in [4.78, 5) is 0. The van der Waals surface area contributed by atoms with Gasteiger partial charge in [-0.15, -0.1) is 0 Å². The van der Waals surface area contributed by atoms with E-state index in [0.717, 1.165) is 25.7 Å². The summed E-state index contributed by atoms with van der Waals surface area (Å²) in [6, 6.07) is 0. The van der Waals surface area contributed by atoms with Crippen molar-refractivity contribution < 1.29 is 15.3 Å². The maximum Gasteiger partial charge on any atom is 0.0618 e. The summed E-state index contributed by atoms with van der Waals surface area (Å²) >= 11 is 0. The van der Waals surface area contributed by atoms with Crippen LogP contribution < -0.4 is 0 Å². The van der Waals surface area contributed by atoms with E-state index in [1.165, 1.54) is 38.5 Å². The van der Waals surface area contributed by atoms with Gasteiger partial charge in [0.05, 0.1) is 18.8 Å². The Morgan fingerprint density at radius 3 is 2.12 bits per heavy atom. The number of rotatable bonds is 1. The summed E-state index contributed by atoms with van der Waals surface area (Å²) in [5.41, 5.74) is 2.15. The Kier molecular flexibility index (Phi) is 5.57. The molecule has 0 aromatic rings. The zero-order chi connectivity index (χ0) is 24.0. The lowest BCUT2D eigenvalue weighted by atomic mass is 9.42. The van der Waals surface area contributed by atoms with E-state index < -0.39 is 11.5 Å². The van der Waals surface area contributed by atoms with Crippen molar-refractivity contribution in [3.8, 4) is 0 Å². The largest absolute Gasteiger partial charge is 0.396 e. The Balaban J connectivity index is 1.50. The quantitative estimate of drug-likeness (QED) is 0.415. The predicted molar refractivity (Wildman–Crippen MR) is 134 cm³/mol. The van der Waals surface area contributed by atoms with Gasteiger partial charge in [-0.3, -0.25) is 0 Å². The third-order valence-corrected chi connectivity index (χ3v) is 13.0. The van der Waals surface area contributed by atoms with Gasteiger partial charge in [0.1, 0.15) is 0 Å². The Bertz CT molecular complexity index is 817. The van der Waals surface area contributed by atoms with E-state index in [-0.39, 0.29) is 23.5 Å². The molecule has 0 bridgehead atoms. The molecule has 3 N–H and O–H groups in total. The molecule has 4 saturated carbocycles. The highest BCUT2D eigenvalue weighted by atomic mass is 16.3. The molecule has 0 aromatic heterocycles. The van der Waals surface area contributed by atoms with E-state index in [1.807, 2.05) is 0 Å². The van der Waals surface area contributed by atoms with Crippen molar-refractivity contribution in [2.24, 2.45) is 50.7 Å². The SMILES string of the molecule is CC1(C)[C@H]2CC[C@@]3(C)CC4=CC[C@H]5[C@](C)(CO)[C@H](O)CC[C@]5(C)[C@H]4CC[C@@H]3[C@@]2(C)CC[C@@H]1O. The summed E-state index contributed by atoms with van der Waals surface area (Å²) in [7, 11) is 0. The van der Waals surface area contributed by atoms with Crippen LogP contribution in [-0.4, -0.2) is 34.1 Å². The molecule has 0 saturated heterocycles. The maximum absolute atomic E-state index is 10.9. The van der Waals surface area contributed by atoms with Crippen LogP contribution >= 0.6 is 0 Å². The molecule has 0 heterocycles. The number of aliphatic hydroxyl groups is 3. The highest BCUT2D eigenvalue weighted by molar-refractivity contribution is 5.25. The molecule has 33 heavy (non-hydrogen) atoms. The smallest absolute Gasteiger partial charge is 0.0618 e. The van der Waals surface area contributed by atoms with Crippen LogP contribution in [0.1, 0.15) is 106 Å². The summed E-state index contributed by atoms with van der Waals surface area (Å²) < 4.78 is 0. The van der Waals surface area contributed by atoms with Gasteiger partial charge in [-0.1, -0.05) is 53.2 Å². The first-order valence-corrected chi connectivity index (χ1v) is 14.0. The molecule has 0 amide bonds. The molecular formula is C30H50O3. The van der Waals surface area contributed by atoms with Crippen LogP contribution in [-0.2, 0) is 0 Å². The highest BCUT2D eigenvalue weighted by Gasteiger charge is 2.63. The van der Waals surface area contributed by atoms with Gasteiger partial charge in [0.25, 0.3) is 0 Å². The molecule has 5 aliphatic rings. The molecular weight excluding hydrogens is 408 g/mol. The normalized spacial score (nSPS) is 55.8. The van der Waals surface area contributed by atoms with Gasteiger partial charge in [-0.25, -0.2) is 0 Å². The number of fused-ring (bicyclic) bond motifs is 6. The van der Waals surface area contributed by atoms with E-state index in [4.69, 9.17) is 0 Å². The van der Waals surface area contributed by atoms with Crippen LogP contribution in [0.15, 0.2) is 11.6 Å². The lowest BCUT2D eigenvalue weighted by molar-refractivity contribution is -0.170. The Morgan fingerprint density at radius 2 is 1.42 bits per heavy atom. The minimum Gasteiger partial charge on any atom is -0.396 e. The molecule has 0 aliphatic heterocycles. The number of aliphatic hydroxyl groups excluding tert-OH is 3. The minimum absolute atomic E-state index is 0.00614. The zero-order valence-electron chi connectivity index (χ0n) is 22.2. The average Bonchev–Trinajstić information content (AvgIpc) is 2.91. The third kappa shape index (κ3) is 3.17. The van der Waals surface area contributed by atoms with E-state index in [1.54, 1.807) is 5.57 Å². The topological polar surface area (TPSA) is 60.7 Å². The fourth-order valence-corrected chi connectivity index (χ4v) is 11.0. The molecule has 0 radical (unpaired) electrons. The van der Waals surface area contributed by atoms with Crippen molar-refractivity contribution in [3.05, 3.63) is 11.6 Å². The van der Waals surface area contributed by atoms with Gasteiger partial charge in [0.15, 0.2) is 0 Å². The first-order valence-electron chi connectivity index (χ1n) is 14.0. The number of hydrogen-bond acceptors (Lipinski definition) is 3. The van der Waals surface area contributed by atoms with Gasteiger partial charge in [-0.05, 0) is 110 Å². The second-order valence-corrected chi connectivity index (χ2v) is 14.8. The lowest BCUT2D eigenvalue weighted by Crippen LogP contribution is -2.58. The first-order chi connectivity index (χ1) is 15.3. The fourth-order valence-electron chi connectivity index (χ4n) is 11.0. The maximum atomic E-state index is 10.9. The zero-order valence-corrected chi connectivity index (χ0v) is 22.2. The highest BCUT2D eigenvalue weighted by Crippen LogP contribution is 2.70. The summed E-state index contributed by atoms with van der Waals surface area (Å²) in [6.45, 7) is 14.6. The molecule has 0 aromatic carbocycles. The second kappa shape index (κ2) is 7.56. The molecule has 0 spiro atoms. The molecule has 10 atom stereocenters. The van der Waals surface area contributed by atoms with Crippen molar-refractivity contribution in [1.29, 1.82) is 0 Å². The number of allylic oxidation sites excluding steroid dienone is 2. The molecule has 5 rings (SSSR count). The molecule has 5 aliphatic carbocycles. The van der Waals surface area contributed by atoms with Crippen molar-refractivity contribution in [2.45, 2.75) is 118 Å². The lowest BCUT2D eigenvalue weighted by Gasteiger charge is -2.63. The van der Waals surface area contributed by atoms with E-state index in [0.29, 0.717) is 34.5 Å². The van der Waals surface area contributed by atoms with Crippen LogP contribution in [0.4, 0.5) is 0 Å². The van der Waals surface area contributed by atoms with Crippen LogP contribution in [0.25, 0.3) is 0 Å². The molecule has 188 valence electrons. The second-order valence-electron chi connectivity index (χ2n) is 14.8. The third-order valence-electron chi connectivity index (χ3n) is 13.0. The van der Waals surface area contributed by atoms with Gasteiger partial charge >= 0.3 is 0 Å². The van der Waals surface area contributed by atoms with Crippen molar-refractivity contribution >= 4 is 0 Å². The van der Waals surface area contributed by atoms with Gasteiger partial charge in [0.2, 0.25) is 0 Å². The van der Waals surface area contributed by atoms with Gasteiger partial charge < -0.3 is 15.3 Å². The summed E-state index contributed by atoms with van der Waals surface area (Å²) in [5, 5.41) is 32.1. The Hall–Kier alpha value is -0.380. The van der Waals surface area contributed by atoms with Crippen molar-refractivity contribution in [1.82, 2.24) is 0 Å². The monoisotopic (exact) mass is 458 g/mol. The minimum atomic E-state index is -0.392. The van der Waals surface area contributed by atoms with Crippen molar-refractivity contribution in [2.75, 3.05) is 6.61 Å². The first kappa shape index (κ1) is 24.3. The predicted octanol–water partition coefficient (Wildman–Crippen LogP) is 6.11. The van der Waals surface area contributed by atoms with Crippen LogP contribution in [0.5, 0.6) is 0 Å². The van der Waals surface area contributed by atoms with Crippen LogP contribution in [0.3, 0.4) is 0 Å². The standard InChI is InChI=1S/C30H50O3/c1-26(2)21-11-14-27(3)17-19-7-9-23-28(4,15-13-25(33)30(23,6)18-31)20(19)8-10-22(27)29(21,5)16-12-24(26)32/h7,20-25,31-33H,8-18H2,1-6H3/t20-,21+,22-,23+,24-,25+,27-,28+,29-,30-/m0/s1. The van der Waals surface area contributed by atoms with Crippen LogP contribution in [0, 0.1) is 50.7 Å². The molecule has 0 unspecified atom stereocenters. The van der Waals surface area contributed by atoms with Crippen LogP contribution in [0.2, 0.25) is 0 Å². The summed E-state index contributed by atoms with van der Waals surface area (Å²) in [6.07, 6.45) is 13.3. The van der Waals surface area contributed by atoms with E-state index >= 15 is 0 Å². The summed E-state index contributed by atoms with van der Waals surface area (Å²) in [5.74, 6) is 2.25. The average molecular weight is 459 g/mol. The molecule has 4 fully saturated rings. The fraction of sp³-hybridized carbons (Fsp3) is 0.933. The molecule has 3 nitrogen and oxygen atoms in total. The Labute approximate surface area is 202 Å². The van der Waals surface area contributed by atoms with Crippen molar-refractivity contribution in [3.63, 3.8) is 0 Å². The number of hydrogen-bond donors (Lipinski definition) is 3. The van der Waals surface area contributed by atoms with E-state index in [9.17, 15) is 15.3 Å². The van der Waals surface area contributed by atoms with Gasteiger partial charge in [0, 0.05) is 5.41 Å². The van der Waals surface area contributed by atoms with E-state index in [2.05, 4.69) is 47.6 Å².